The van der Waals surface area contributed by atoms with Crippen LogP contribution in [0.3, 0.4) is 0 Å². The molecule has 5 fully saturated rings. The van der Waals surface area contributed by atoms with E-state index in [0.29, 0.717) is 0 Å². The Morgan fingerprint density at radius 2 is 0.700 bits per heavy atom. The Kier molecular flexibility index (Phi) is 25.4. The van der Waals surface area contributed by atoms with Crippen LogP contribution in [-0.2, 0) is 156 Å². The van der Waals surface area contributed by atoms with E-state index in [4.69, 9.17) is 51.7 Å². The summed E-state index contributed by atoms with van der Waals surface area (Å²) in [7, 11) is -46.7. The number of rotatable bonds is 29. The number of nitrogens with one attached hydrogen (secondary N) is 3. The highest BCUT2D eigenvalue weighted by molar-refractivity contribution is 7.84. The zero-order valence-corrected chi connectivity index (χ0v) is 49.5. The second-order valence-corrected chi connectivity index (χ2v) is 27.4. The first-order valence-electron chi connectivity index (χ1n) is 23.2. The Bertz CT molecular complexity index is 3470. The van der Waals surface area contributed by atoms with E-state index in [9.17, 15) is 150 Å². The van der Waals surface area contributed by atoms with Crippen molar-refractivity contribution in [1.82, 2.24) is 14.2 Å². The van der Waals surface area contributed by atoms with Crippen molar-refractivity contribution in [2.45, 2.75) is 153 Å². The second-order valence-electron chi connectivity index (χ2n) is 18.5. The number of carboxylic acids is 2. The molecule has 0 aromatic heterocycles. The lowest BCUT2D eigenvalue weighted by molar-refractivity contribution is -0.372. The zero-order valence-electron chi connectivity index (χ0n) is 43.0. The standard InChI is InChI=1S/C30H51N3O49S8/c34-10-4(1-69-86(54,55)56)73-27(8(11(10)35)32-84(48,49)50)77-19-13(37)14(38)29(79-22(19)24(40)41)76-17-6(3-71-88(60,61)62)74-28(9(33-85(51,52)53)18(17)81-89(63,64)65)78-20-15(39)21(82-90(66,67)68)30(80-23(20)25(42)43)75-16-5(2-70-87(57,58)59)72-26(44)7(12(16)36)31-83(45,46)47/h4-23,26-39,44H,1-3H2,(H,40,41)(H,42,43)(H,45,46,47)(H,48,49,50)(H,51,52,53)(H,54,55,56)(H,57,58,59)(H,60,61,62)(H,63,64,65)(H,66,67,68)/t4-,5-,6-,7-,8-,9-,10-,11-,12-,13-,14-,15+,16-,17-,18-,19+,20+,21-,22+,23-,26?,27-,28-,29-,30+/m1/s1. The normalized spacial score (nSPS) is 38.9. The fraction of sp³-hybridized carbons (Fsp3) is 0.933. The highest BCUT2D eigenvalue weighted by Gasteiger charge is 2.61. The fourth-order valence-electron chi connectivity index (χ4n) is 8.80. The number of carboxylic acid groups (broad SMARTS) is 2. The number of hydrogen-bond acceptors (Lipinski definition) is 39. The van der Waals surface area contributed by atoms with Gasteiger partial charge in [0.2, 0.25) is 0 Å². The smallest absolute Gasteiger partial charge is 0.397 e. The van der Waals surface area contributed by atoms with E-state index in [-0.39, 0.29) is 0 Å². The van der Waals surface area contributed by atoms with Gasteiger partial charge in [-0.05, 0) is 0 Å². The predicted molar refractivity (Wildman–Crippen MR) is 257 cm³/mol. The Hall–Kier alpha value is -2.74. The van der Waals surface area contributed by atoms with Gasteiger partial charge in [0.05, 0.1) is 19.8 Å². The third-order valence-electron chi connectivity index (χ3n) is 12.2. The van der Waals surface area contributed by atoms with Crippen LogP contribution in [-0.4, -0.2) is 335 Å². The molecule has 20 N–H and O–H groups in total. The number of hydrogen-bond donors (Lipinski definition) is 20. The molecule has 528 valence electrons. The van der Waals surface area contributed by atoms with Crippen LogP contribution in [0, 0.1) is 0 Å². The molecule has 5 aliphatic heterocycles. The molecule has 0 aromatic carbocycles. The maximum atomic E-state index is 12.9. The lowest BCUT2D eigenvalue weighted by Gasteiger charge is -2.50. The third kappa shape index (κ3) is 22.4. The van der Waals surface area contributed by atoms with Gasteiger partial charge in [0.1, 0.15) is 104 Å². The van der Waals surface area contributed by atoms with Gasteiger partial charge < -0.3 is 88.6 Å². The highest BCUT2D eigenvalue weighted by Crippen LogP contribution is 2.38. The lowest BCUT2D eigenvalue weighted by Crippen LogP contribution is -2.71. The molecule has 0 aliphatic carbocycles. The molecule has 5 rings (SSSR count). The molecule has 5 saturated heterocycles. The van der Waals surface area contributed by atoms with Crippen LogP contribution in [0.4, 0.5) is 0 Å². The van der Waals surface area contributed by atoms with E-state index < -0.39 is 268 Å². The van der Waals surface area contributed by atoms with Gasteiger partial charge in [-0.2, -0.15) is 81.5 Å². The van der Waals surface area contributed by atoms with Gasteiger partial charge in [-0.1, -0.05) is 0 Å². The number of ether oxygens (including phenoxy) is 9. The zero-order chi connectivity index (χ0) is 68.7. The quantitative estimate of drug-likeness (QED) is 0.0309. The first kappa shape index (κ1) is 78.0. The topological polar surface area (TPSA) is 816 Å². The molecule has 0 aromatic rings. The molecular weight excluding hydrogens is 1440 g/mol. The second kappa shape index (κ2) is 29.3. The maximum absolute atomic E-state index is 12.9. The SMILES string of the molecule is O=C(O)[C@H]1O[C@@H](O[C@H]2[C@H](OS(=O)(=O)O)[C@@H](NS(=O)(=O)O)[C@@H](O[C@H]3[C@H](O)[C@@H](OS(=O)(=O)O)[C@@H](O[C@H]4[C@H](O)[C@@H](NS(=O)(=O)O)C(O)O[C@@H]4COS(=O)(=O)O)O[C@H]3C(=O)O)O[C@@H]2COS(=O)(=O)O)[C@H](O)[C@@H](O)[C@@H]1O[C@H]1O[C@H](COS(=O)(=O)O)[C@@H](O)[C@H](O)[C@H]1NS(=O)(=O)O. The van der Waals surface area contributed by atoms with Crippen molar-refractivity contribution < 1.29 is 223 Å². The summed E-state index contributed by atoms with van der Waals surface area (Å²) in [6.07, 6.45) is -64.7. The molecule has 60 heteroatoms. The number of carbonyl (C=O) groups is 2. The van der Waals surface area contributed by atoms with Crippen LogP contribution in [0.5, 0.6) is 0 Å². The summed E-state index contributed by atoms with van der Waals surface area (Å²) < 4.78 is 339. The summed E-state index contributed by atoms with van der Waals surface area (Å²) in [5, 5.41) is 97.8. The Morgan fingerprint density at radius 3 is 1.14 bits per heavy atom. The van der Waals surface area contributed by atoms with Crippen molar-refractivity contribution in [1.29, 1.82) is 0 Å². The Labute approximate surface area is 502 Å². The monoisotopic (exact) mass is 1490 g/mol. The van der Waals surface area contributed by atoms with Gasteiger partial charge >= 0.3 is 94.8 Å². The van der Waals surface area contributed by atoms with Crippen molar-refractivity contribution in [2.75, 3.05) is 19.8 Å². The molecule has 0 amide bonds. The summed E-state index contributed by atoms with van der Waals surface area (Å²) in [5.74, 6) is -4.94. The van der Waals surface area contributed by atoms with Gasteiger partial charge in [0.15, 0.2) is 49.8 Å². The highest BCUT2D eigenvalue weighted by atomic mass is 32.3. The van der Waals surface area contributed by atoms with Crippen molar-refractivity contribution in [3.05, 3.63) is 0 Å². The van der Waals surface area contributed by atoms with Gasteiger partial charge in [-0.25, -0.2) is 30.5 Å². The van der Waals surface area contributed by atoms with Crippen molar-refractivity contribution in [2.24, 2.45) is 0 Å². The third-order valence-corrected chi connectivity index (χ3v) is 16.2. The van der Waals surface area contributed by atoms with Crippen LogP contribution in [0.25, 0.3) is 0 Å². The Morgan fingerprint density at radius 1 is 0.333 bits per heavy atom. The van der Waals surface area contributed by atoms with Crippen LogP contribution in [0.1, 0.15) is 0 Å². The first-order chi connectivity index (χ1) is 40.6. The molecule has 0 bridgehead atoms. The summed E-state index contributed by atoms with van der Waals surface area (Å²) in [6.45, 7) is -5.16. The molecule has 52 nitrogen and oxygen atoms in total. The molecule has 1 unspecified atom stereocenters. The molecule has 0 saturated carbocycles. The number of aliphatic hydroxyl groups excluding tert-OH is 7. The van der Waals surface area contributed by atoms with E-state index in [2.05, 4.69) is 20.9 Å². The van der Waals surface area contributed by atoms with Crippen molar-refractivity contribution >= 4 is 94.8 Å². The number of aliphatic carboxylic acids is 2. The minimum atomic E-state index is -6.36. The average Bonchev–Trinajstić information content (AvgIpc) is 0.774. The molecule has 90 heavy (non-hydrogen) atoms. The van der Waals surface area contributed by atoms with Crippen molar-refractivity contribution in [3.63, 3.8) is 0 Å². The summed E-state index contributed by atoms with van der Waals surface area (Å²) in [5.41, 5.74) is 0. The maximum Gasteiger partial charge on any atom is 0.397 e. The molecule has 5 heterocycles. The summed E-state index contributed by atoms with van der Waals surface area (Å²) in [4.78, 5) is 25.7. The minimum Gasteiger partial charge on any atom is -0.479 e. The Balaban J connectivity index is 1.59. The van der Waals surface area contributed by atoms with Crippen molar-refractivity contribution in [3.8, 4) is 0 Å². The molecular formula is C30H51N3O49S8. The molecule has 5 aliphatic rings. The summed E-state index contributed by atoms with van der Waals surface area (Å²) >= 11 is 0. The average molecular weight is 1490 g/mol. The van der Waals surface area contributed by atoms with Crippen LogP contribution in [0.15, 0.2) is 0 Å². The number of aliphatic hydroxyl groups is 7. The largest absolute Gasteiger partial charge is 0.479 e. The first-order valence-corrected chi connectivity index (χ1v) is 34.3. The lowest BCUT2D eigenvalue weighted by atomic mass is 9.94. The molecule has 0 radical (unpaired) electrons. The van der Waals surface area contributed by atoms with Crippen LogP contribution < -0.4 is 14.2 Å². The van der Waals surface area contributed by atoms with Gasteiger partial charge in [-0.3, -0.25) is 36.4 Å². The van der Waals surface area contributed by atoms with Gasteiger partial charge in [-0.15, -0.1) is 0 Å². The fourth-order valence-corrected chi connectivity index (χ4v) is 12.5. The van der Waals surface area contributed by atoms with Gasteiger partial charge in [0.25, 0.3) is 0 Å². The molecule has 25 atom stereocenters. The minimum absolute atomic E-state index is 1.09. The van der Waals surface area contributed by atoms with Gasteiger partial charge in [0, 0.05) is 0 Å². The van der Waals surface area contributed by atoms with Crippen LogP contribution >= 0.6 is 0 Å². The molecule has 0 spiro atoms. The van der Waals surface area contributed by atoms with E-state index >= 15 is 0 Å². The predicted octanol–water partition coefficient (Wildman–Crippen LogP) is -14.4. The van der Waals surface area contributed by atoms with E-state index in [1.165, 1.54) is 9.44 Å². The van der Waals surface area contributed by atoms with E-state index in [1.807, 2.05) is 0 Å². The van der Waals surface area contributed by atoms with Crippen LogP contribution in [0.2, 0.25) is 0 Å². The summed E-state index contributed by atoms with van der Waals surface area (Å²) in [6, 6.07) is -8.42. The van der Waals surface area contributed by atoms with E-state index in [1.54, 1.807) is 0 Å². The van der Waals surface area contributed by atoms with E-state index in [0.717, 1.165) is 4.72 Å².